The normalized spacial score (nSPS) is 11.9. The Hall–Kier alpha value is -2.95. The number of anilines is 2. The summed E-state index contributed by atoms with van der Waals surface area (Å²) in [5, 5.41) is 17.9. The summed E-state index contributed by atoms with van der Waals surface area (Å²) in [4.78, 5) is -0.0254. The number of halogens is 1. The van der Waals surface area contributed by atoms with Gasteiger partial charge in [-0.05, 0) is 48.5 Å². The average Bonchev–Trinajstić information content (AvgIpc) is 2.88. The number of sulfonamides is 1. The monoisotopic (exact) mass is 391 g/mol. The molecule has 6 N–H and O–H groups in total. The first-order valence-electron chi connectivity index (χ1n) is 7.20. The van der Waals surface area contributed by atoms with Crippen LogP contribution in [0.4, 0.5) is 23.0 Å². The van der Waals surface area contributed by atoms with Gasteiger partial charge in [0.2, 0.25) is 10.0 Å². The molecule has 0 atom stereocenters. The Balaban J connectivity index is 1.94. The molecule has 0 aliphatic rings. The number of nitrogens with zero attached hydrogens (tertiary/aromatic N) is 4. The van der Waals surface area contributed by atoms with Crippen molar-refractivity contribution >= 4 is 44.6 Å². The van der Waals surface area contributed by atoms with E-state index in [1.165, 1.54) is 28.9 Å². The first-order valence-corrected chi connectivity index (χ1v) is 9.12. The predicted molar refractivity (Wildman–Crippen MR) is 99.4 cm³/mol. The van der Waals surface area contributed by atoms with Gasteiger partial charge in [-0.15, -0.1) is 10.2 Å². The number of hydrogen-bond acceptors (Lipinski definition) is 7. The summed E-state index contributed by atoms with van der Waals surface area (Å²) in [5.41, 5.74) is 13.2. The summed E-state index contributed by atoms with van der Waals surface area (Å²) < 4.78 is 24.0. The molecule has 26 heavy (non-hydrogen) atoms. The van der Waals surface area contributed by atoms with Crippen LogP contribution in [0.3, 0.4) is 0 Å². The molecular formula is C15H14ClN7O2S. The summed E-state index contributed by atoms with van der Waals surface area (Å²) in [7, 11) is -3.79. The van der Waals surface area contributed by atoms with Crippen LogP contribution in [0.1, 0.15) is 0 Å². The second-order valence-electron chi connectivity index (χ2n) is 5.25. The zero-order valence-electron chi connectivity index (χ0n) is 13.2. The molecule has 2 aromatic carbocycles. The van der Waals surface area contributed by atoms with Crippen LogP contribution in [0.2, 0.25) is 5.02 Å². The third-order valence-electron chi connectivity index (χ3n) is 3.42. The number of rotatable bonds is 4. The Labute approximate surface area is 154 Å². The van der Waals surface area contributed by atoms with E-state index in [1.54, 1.807) is 24.3 Å². The van der Waals surface area contributed by atoms with Crippen LogP contribution in [-0.2, 0) is 10.0 Å². The Morgan fingerprint density at radius 1 is 0.962 bits per heavy atom. The molecule has 0 aliphatic heterocycles. The SMILES string of the molecule is Nc1nn(-c2ccc(S(N)(=O)=O)cc2)c(N)c1N=Nc1ccc(Cl)cc1. The maximum absolute atomic E-state index is 11.3. The third kappa shape index (κ3) is 3.67. The van der Waals surface area contributed by atoms with E-state index in [9.17, 15) is 8.42 Å². The number of aromatic nitrogens is 2. The molecule has 9 nitrogen and oxygen atoms in total. The molecule has 0 saturated heterocycles. The van der Waals surface area contributed by atoms with Gasteiger partial charge in [-0.3, -0.25) is 0 Å². The van der Waals surface area contributed by atoms with Crippen LogP contribution >= 0.6 is 11.6 Å². The first-order chi connectivity index (χ1) is 12.3. The van der Waals surface area contributed by atoms with Gasteiger partial charge >= 0.3 is 0 Å². The number of azo groups is 1. The first kappa shape index (κ1) is 17.9. The van der Waals surface area contributed by atoms with Crippen molar-refractivity contribution in [1.82, 2.24) is 9.78 Å². The van der Waals surface area contributed by atoms with Gasteiger partial charge in [0.25, 0.3) is 0 Å². The molecule has 0 aliphatic carbocycles. The standard InChI is InChI=1S/C15H14ClN7O2S/c16-9-1-3-10(4-2-9)20-21-13-14(17)22-23(15(13)18)11-5-7-12(8-6-11)26(19,24)25/h1-8H,18H2,(H2,17,22)(H2,19,24,25). The lowest BCUT2D eigenvalue weighted by molar-refractivity contribution is 0.598. The fourth-order valence-electron chi connectivity index (χ4n) is 2.13. The Bertz CT molecular complexity index is 1070. The number of benzene rings is 2. The van der Waals surface area contributed by atoms with E-state index < -0.39 is 10.0 Å². The van der Waals surface area contributed by atoms with E-state index >= 15 is 0 Å². The van der Waals surface area contributed by atoms with E-state index in [0.717, 1.165) is 0 Å². The van der Waals surface area contributed by atoms with E-state index in [2.05, 4.69) is 15.3 Å². The fourth-order valence-corrected chi connectivity index (χ4v) is 2.77. The van der Waals surface area contributed by atoms with E-state index in [0.29, 0.717) is 16.4 Å². The molecule has 0 fully saturated rings. The van der Waals surface area contributed by atoms with Crippen molar-refractivity contribution in [1.29, 1.82) is 0 Å². The Kier molecular flexibility index (Phi) is 4.64. The second-order valence-corrected chi connectivity index (χ2v) is 7.24. The van der Waals surface area contributed by atoms with E-state index in [4.69, 9.17) is 28.2 Å². The number of primary sulfonamides is 1. The lowest BCUT2D eigenvalue weighted by Gasteiger charge is -2.04. The van der Waals surface area contributed by atoms with Gasteiger partial charge in [0.05, 0.1) is 16.3 Å². The molecule has 1 aromatic heterocycles. The minimum atomic E-state index is -3.79. The van der Waals surface area contributed by atoms with E-state index in [-0.39, 0.29) is 22.2 Å². The van der Waals surface area contributed by atoms with Crippen LogP contribution < -0.4 is 16.6 Å². The average molecular weight is 392 g/mol. The summed E-state index contributed by atoms with van der Waals surface area (Å²) in [6.07, 6.45) is 0. The van der Waals surface area contributed by atoms with E-state index in [1.807, 2.05) is 0 Å². The van der Waals surface area contributed by atoms with Crippen molar-refractivity contribution in [2.24, 2.45) is 15.4 Å². The molecule has 134 valence electrons. The van der Waals surface area contributed by atoms with Gasteiger partial charge in [-0.2, -0.15) is 5.11 Å². The molecule has 3 aromatic rings. The molecule has 3 rings (SSSR count). The maximum Gasteiger partial charge on any atom is 0.238 e. The molecule has 0 spiro atoms. The van der Waals surface area contributed by atoms with Gasteiger partial charge < -0.3 is 11.5 Å². The van der Waals surface area contributed by atoms with Gasteiger partial charge in [0, 0.05) is 5.02 Å². The number of nitrogen functional groups attached to an aromatic ring is 2. The van der Waals surface area contributed by atoms with Crippen molar-refractivity contribution in [2.45, 2.75) is 4.90 Å². The maximum atomic E-state index is 11.3. The second kappa shape index (κ2) is 6.75. The van der Waals surface area contributed by atoms with Crippen LogP contribution in [0.15, 0.2) is 63.7 Å². The van der Waals surface area contributed by atoms with Crippen molar-refractivity contribution in [3.63, 3.8) is 0 Å². The third-order valence-corrected chi connectivity index (χ3v) is 4.60. The fraction of sp³-hybridized carbons (Fsp3) is 0. The zero-order valence-corrected chi connectivity index (χ0v) is 14.8. The van der Waals surface area contributed by atoms with Crippen molar-refractivity contribution in [3.05, 3.63) is 53.6 Å². The predicted octanol–water partition coefficient (Wildman–Crippen LogP) is 2.75. The van der Waals surface area contributed by atoms with Crippen LogP contribution in [0, 0.1) is 0 Å². The van der Waals surface area contributed by atoms with Crippen LogP contribution in [-0.4, -0.2) is 18.2 Å². The minimum absolute atomic E-state index is 0.0254. The highest BCUT2D eigenvalue weighted by atomic mass is 35.5. The zero-order chi connectivity index (χ0) is 18.9. The Morgan fingerprint density at radius 2 is 1.58 bits per heavy atom. The minimum Gasteiger partial charge on any atom is -0.382 e. The largest absolute Gasteiger partial charge is 0.382 e. The molecule has 0 saturated carbocycles. The molecule has 0 amide bonds. The molecule has 0 bridgehead atoms. The molecular weight excluding hydrogens is 378 g/mol. The van der Waals surface area contributed by atoms with Crippen LogP contribution in [0.5, 0.6) is 0 Å². The van der Waals surface area contributed by atoms with Crippen molar-refractivity contribution < 1.29 is 8.42 Å². The molecule has 11 heteroatoms. The summed E-state index contributed by atoms with van der Waals surface area (Å²) in [6.45, 7) is 0. The van der Waals surface area contributed by atoms with Crippen molar-refractivity contribution in [3.8, 4) is 5.69 Å². The van der Waals surface area contributed by atoms with Gasteiger partial charge in [0.15, 0.2) is 17.3 Å². The number of nitrogens with two attached hydrogens (primary N) is 3. The quantitative estimate of drug-likeness (QED) is 0.583. The lowest BCUT2D eigenvalue weighted by Crippen LogP contribution is -2.12. The molecule has 1 heterocycles. The van der Waals surface area contributed by atoms with Gasteiger partial charge in [-0.1, -0.05) is 11.6 Å². The van der Waals surface area contributed by atoms with Crippen molar-refractivity contribution in [2.75, 3.05) is 11.5 Å². The van der Waals surface area contributed by atoms with Gasteiger partial charge in [0.1, 0.15) is 0 Å². The Morgan fingerprint density at radius 3 is 2.15 bits per heavy atom. The highest BCUT2D eigenvalue weighted by Gasteiger charge is 2.15. The highest BCUT2D eigenvalue weighted by molar-refractivity contribution is 7.89. The topological polar surface area (TPSA) is 155 Å². The number of hydrogen-bond donors (Lipinski definition) is 3. The summed E-state index contributed by atoms with van der Waals surface area (Å²) >= 11 is 5.82. The molecule has 0 radical (unpaired) electrons. The lowest BCUT2D eigenvalue weighted by atomic mass is 10.3. The highest BCUT2D eigenvalue weighted by Crippen LogP contribution is 2.32. The van der Waals surface area contributed by atoms with Gasteiger partial charge in [-0.25, -0.2) is 18.2 Å². The van der Waals surface area contributed by atoms with Crippen LogP contribution in [0.25, 0.3) is 5.69 Å². The summed E-state index contributed by atoms with van der Waals surface area (Å²) in [6, 6.07) is 12.4. The summed E-state index contributed by atoms with van der Waals surface area (Å²) in [5.74, 6) is 0.235. The molecule has 0 unspecified atom stereocenters. The smallest absolute Gasteiger partial charge is 0.238 e.